The summed E-state index contributed by atoms with van der Waals surface area (Å²) in [5.74, 6) is -3.02. The van der Waals surface area contributed by atoms with Crippen molar-refractivity contribution >= 4 is 23.2 Å². The quantitative estimate of drug-likeness (QED) is 0.319. The largest absolute Gasteiger partial charge is 0.468 e. The molecule has 2 atom stereocenters. The van der Waals surface area contributed by atoms with Crippen molar-refractivity contribution in [3.8, 4) is 0 Å². The molecule has 0 aliphatic heterocycles. The number of rotatable bonds is 6. The van der Waals surface area contributed by atoms with E-state index in [1.807, 2.05) is 6.92 Å². The fourth-order valence-electron chi connectivity index (χ4n) is 2.31. The van der Waals surface area contributed by atoms with E-state index in [-0.39, 0.29) is 18.6 Å². The lowest BCUT2D eigenvalue weighted by atomic mass is 9.76. The van der Waals surface area contributed by atoms with Crippen molar-refractivity contribution in [2.75, 3.05) is 13.7 Å². The minimum Gasteiger partial charge on any atom is -0.468 e. The van der Waals surface area contributed by atoms with Crippen molar-refractivity contribution in [2.45, 2.75) is 39.5 Å². The second kappa shape index (κ2) is 7.77. The molecule has 0 unspecified atom stereocenters. The Morgan fingerprint density at radius 2 is 2.05 bits per heavy atom. The molecule has 1 saturated carbocycles. The molecule has 0 aromatic carbocycles. The van der Waals surface area contributed by atoms with Gasteiger partial charge in [-0.15, -0.1) is 0 Å². The zero-order valence-electron chi connectivity index (χ0n) is 12.2. The van der Waals surface area contributed by atoms with Crippen LogP contribution < -0.4 is 0 Å². The fourth-order valence-corrected chi connectivity index (χ4v) is 2.31. The van der Waals surface area contributed by atoms with E-state index >= 15 is 0 Å². The van der Waals surface area contributed by atoms with Crippen molar-refractivity contribution < 1.29 is 24.0 Å². The Kier molecular flexibility index (Phi) is 6.35. The van der Waals surface area contributed by atoms with Crippen LogP contribution in [0.15, 0.2) is 5.16 Å². The number of Topliss-reactive ketones (excluding diaryl/α,β-unsaturated/α-hetero) is 2. The standard InChI is InChI=1S/C14H21NO5/c1-4-6-10(15-20-5-2)12-11(16)8-7-9(13(12)17)14(18)19-3/h9,12H,4-8H2,1-3H3/b15-10-/t9-,12+/m0/s1. The Balaban J connectivity index is 3.00. The van der Waals surface area contributed by atoms with Crippen LogP contribution in [0, 0.1) is 11.8 Å². The van der Waals surface area contributed by atoms with Crippen molar-refractivity contribution in [2.24, 2.45) is 17.0 Å². The SMILES string of the molecule is CCC/C(=N/OCC)[C@@H]1C(=O)CC[C@H](C(=O)OC)C1=O. The summed E-state index contributed by atoms with van der Waals surface area (Å²) in [5, 5.41) is 3.90. The van der Waals surface area contributed by atoms with Gasteiger partial charge in [0.2, 0.25) is 0 Å². The van der Waals surface area contributed by atoms with Crippen molar-refractivity contribution in [1.29, 1.82) is 0 Å². The summed E-state index contributed by atoms with van der Waals surface area (Å²) in [6.07, 6.45) is 1.64. The Morgan fingerprint density at radius 3 is 2.60 bits per heavy atom. The smallest absolute Gasteiger partial charge is 0.316 e. The summed E-state index contributed by atoms with van der Waals surface area (Å²) in [7, 11) is 1.24. The van der Waals surface area contributed by atoms with E-state index < -0.39 is 23.6 Å². The van der Waals surface area contributed by atoms with Gasteiger partial charge in [0, 0.05) is 6.42 Å². The highest BCUT2D eigenvalue weighted by Crippen LogP contribution is 2.26. The highest BCUT2D eigenvalue weighted by molar-refractivity contribution is 6.25. The van der Waals surface area contributed by atoms with Gasteiger partial charge in [0.25, 0.3) is 0 Å². The normalized spacial score (nSPS) is 23.6. The fraction of sp³-hybridized carbons (Fsp3) is 0.714. The molecule has 1 rings (SSSR count). The molecule has 112 valence electrons. The number of carbonyl (C=O) groups excluding carboxylic acids is 3. The van der Waals surface area contributed by atoms with E-state index in [9.17, 15) is 14.4 Å². The maximum Gasteiger partial charge on any atom is 0.316 e. The topological polar surface area (TPSA) is 82.0 Å². The van der Waals surface area contributed by atoms with Gasteiger partial charge in [-0.3, -0.25) is 14.4 Å². The number of oxime groups is 1. The number of hydrogen-bond donors (Lipinski definition) is 0. The predicted octanol–water partition coefficient (Wildman–Crippen LogP) is 1.52. The first-order valence-corrected chi connectivity index (χ1v) is 6.89. The summed E-state index contributed by atoms with van der Waals surface area (Å²) >= 11 is 0. The number of ether oxygens (including phenoxy) is 1. The molecule has 0 saturated heterocycles. The molecular weight excluding hydrogens is 262 g/mol. The molecule has 6 heteroatoms. The van der Waals surface area contributed by atoms with Crippen LogP contribution in [0.1, 0.15) is 39.5 Å². The van der Waals surface area contributed by atoms with Crippen LogP contribution >= 0.6 is 0 Å². The number of methoxy groups -OCH3 is 1. The first kappa shape index (κ1) is 16.3. The molecule has 0 aromatic heterocycles. The molecule has 0 amide bonds. The molecular formula is C14H21NO5. The Bertz CT molecular complexity index is 416. The number of hydrogen-bond acceptors (Lipinski definition) is 6. The summed E-state index contributed by atoms with van der Waals surface area (Å²) in [4.78, 5) is 41.0. The predicted molar refractivity (Wildman–Crippen MR) is 72.2 cm³/mol. The first-order valence-electron chi connectivity index (χ1n) is 6.89. The van der Waals surface area contributed by atoms with E-state index in [0.29, 0.717) is 18.7 Å². The summed E-state index contributed by atoms with van der Waals surface area (Å²) < 4.78 is 4.62. The van der Waals surface area contributed by atoms with Gasteiger partial charge in [0.1, 0.15) is 24.2 Å². The molecule has 0 heterocycles. The van der Waals surface area contributed by atoms with Crippen molar-refractivity contribution in [3.05, 3.63) is 0 Å². The van der Waals surface area contributed by atoms with Crippen molar-refractivity contribution in [3.63, 3.8) is 0 Å². The van der Waals surface area contributed by atoms with Crippen molar-refractivity contribution in [1.82, 2.24) is 0 Å². The average molecular weight is 283 g/mol. The Hall–Kier alpha value is -1.72. The Labute approximate surface area is 118 Å². The van der Waals surface area contributed by atoms with Crippen LogP contribution in [-0.2, 0) is 24.0 Å². The molecule has 0 aromatic rings. The van der Waals surface area contributed by atoms with Crippen LogP contribution in [0.5, 0.6) is 0 Å². The second-order valence-electron chi connectivity index (χ2n) is 4.67. The average Bonchev–Trinajstić information content (AvgIpc) is 2.44. The molecule has 0 radical (unpaired) electrons. The van der Waals surface area contributed by atoms with Crippen LogP contribution in [0.4, 0.5) is 0 Å². The minimum absolute atomic E-state index is 0.186. The summed E-state index contributed by atoms with van der Waals surface area (Å²) in [5.41, 5.74) is 0.415. The van der Waals surface area contributed by atoms with Gasteiger partial charge in [0.15, 0.2) is 5.78 Å². The summed E-state index contributed by atoms with van der Waals surface area (Å²) in [6, 6.07) is 0. The third kappa shape index (κ3) is 3.65. The van der Waals surface area contributed by atoms with E-state index in [0.717, 1.165) is 6.42 Å². The number of ketones is 2. The lowest BCUT2D eigenvalue weighted by Gasteiger charge is -2.25. The highest BCUT2D eigenvalue weighted by Gasteiger charge is 2.43. The van der Waals surface area contributed by atoms with Gasteiger partial charge in [0.05, 0.1) is 12.8 Å². The zero-order valence-corrected chi connectivity index (χ0v) is 12.2. The highest BCUT2D eigenvalue weighted by atomic mass is 16.6. The van der Waals surface area contributed by atoms with Gasteiger partial charge >= 0.3 is 5.97 Å². The van der Waals surface area contributed by atoms with Crippen LogP contribution in [0.2, 0.25) is 0 Å². The van der Waals surface area contributed by atoms with Gasteiger partial charge < -0.3 is 9.57 Å². The maximum atomic E-state index is 12.4. The van der Waals surface area contributed by atoms with Crippen LogP contribution in [-0.4, -0.2) is 37.0 Å². The molecule has 0 spiro atoms. The van der Waals surface area contributed by atoms with Gasteiger partial charge in [-0.2, -0.15) is 0 Å². The second-order valence-corrected chi connectivity index (χ2v) is 4.67. The van der Waals surface area contributed by atoms with Crippen LogP contribution in [0.3, 0.4) is 0 Å². The molecule has 1 aliphatic rings. The molecule has 20 heavy (non-hydrogen) atoms. The third-order valence-electron chi connectivity index (χ3n) is 3.27. The Morgan fingerprint density at radius 1 is 1.35 bits per heavy atom. The number of nitrogens with zero attached hydrogens (tertiary/aromatic N) is 1. The van der Waals surface area contributed by atoms with Gasteiger partial charge in [-0.05, 0) is 19.8 Å². The van der Waals surface area contributed by atoms with Crippen LogP contribution in [0.25, 0.3) is 0 Å². The number of esters is 1. The summed E-state index contributed by atoms with van der Waals surface area (Å²) in [6.45, 7) is 4.06. The zero-order chi connectivity index (χ0) is 15.1. The van der Waals surface area contributed by atoms with E-state index in [2.05, 4.69) is 9.89 Å². The van der Waals surface area contributed by atoms with E-state index in [4.69, 9.17) is 4.84 Å². The number of carbonyl (C=O) groups is 3. The molecule has 6 nitrogen and oxygen atoms in total. The van der Waals surface area contributed by atoms with Gasteiger partial charge in [-0.1, -0.05) is 18.5 Å². The molecule has 0 bridgehead atoms. The minimum atomic E-state index is -0.959. The lowest BCUT2D eigenvalue weighted by Crippen LogP contribution is -2.43. The van der Waals surface area contributed by atoms with E-state index in [1.54, 1.807) is 6.92 Å². The molecule has 0 N–H and O–H groups in total. The van der Waals surface area contributed by atoms with E-state index in [1.165, 1.54) is 7.11 Å². The lowest BCUT2D eigenvalue weighted by molar-refractivity contribution is -0.152. The monoisotopic (exact) mass is 283 g/mol. The maximum absolute atomic E-state index is 12.4. The first-order chi connectivity index (χ1) is 9.56. The molecule has 1 aliphatic carbocycles. The van der Waals surface area contributed by atoms with Gasteiger partial charge in [-0.25, -0.2) is 0 Å². The molecule has 1 fully saturated rings. The third-order valence-corrected chi connectivity index (χ3v) is 3.27.